The Morgan fingerprint density at radius 3 is 1.66 bits per heavy atom. The Bertz CT molecular complexity index is 411. The zero-order valence-electron chi connectivity index (χ0n) is 19.6. The molecule has 0 spiro atoms. The first-order valence-electron chi connectivity index (χ1n) is 12.2. The molecule has 0 unspecified atom stereocenters. The highest BCUT2D eigenvalue weighted by Crippen LogP contribution is 2.13. The smallest absolute Gasteiger partial charge is 0.303 e. The van der Waals surface area contributed by atoms with Gasteiger partial charge in [-0.3, -0.25) is 9.59 Å². The van der Waals surface area contributed by atoms with Gasteiger partial charge in [-0.15, -0.1) is 0 Å². The van der Waals surface area contributed by atoms with Gasteiger partial charge in [0.05, 0.1) is 40.2 Å². The number of carboxylic acid groups (broad SMARTS) is 1. The van der Waals surface area contributed by atoms with Crippen LogP contribution in [0.5, 0.6) is 0 Å². The molecule has 0 aliphatic carbocycles. The summed E-state index contributed by atoms with van der Waals surface area (Å²) in [6, 6.07) is 0. The second-order valence-electron chi connectivity index (χ2n) is 9.22. The van der Waals surface area contributed by atoms with Crippen LogP contribution in [0.25, 0.3) is 0 Å². The lowest BCUT2D eigenvalue weighted by Crippen LogP contribution is -2.46. The highest BCUT2D eigenvalue weighted by Gasteiger charge is 2.15. The summed E-state index contributed by atoms with van der Waals surface area (Å²) in [6.07, 6.45) is 18.7. The molecule has 0 aromatic heterocycles. The number of unbranched alkanes of at least 4 members (excludes halogenated alkanes) is 12. The molecule has 0 aliphatic rings. The molecule has 0 atom stereocenters. The monoisotopic (exact) mass is 413 g/mol. The molecule has 2 N–H and O–H groups in total. The average Bonchev–Trinajstić information content (AvgIpc) is 2.64. The first kappa shape index (κ1) is 27.9. The van der Waals surface area contributed by atoms with E-state index < -0.39 is 5.97 Å². The maximum absolute atomic E-state index is 11.9. The number of hydrogen-bond donors (Lipinski definition) is 2. The summed E-state index contributed by atoms with van der Waals surface area (Å²) >= 11 is 0. The number of hydrogen-bond acceptors (Lipinski definition) is 2. The standard InChI is InChI=1S/C24H48N2O3/c1-4-5-6-7-8-9-10-11-12-13-14-15-16-18-23(27)25-20-22-26(2,3)21-17-19-24(28)29/h4-22H2,1-3H3,(H-,25,27,28,29)/p+1. The highest BCUT2D eigenvalue weighted by molar-refractivity contribution is 5.75. The Morgan fingerprint density at radius 2 is 1.17 bits per heavy atom. The lowest BCUT2D eigenvalue weighted by molar-refractivity contribution is -0.889. The van der Waals surface area contributed by atoms with Crippen LogP contribution in [-0.2, 0) is 9.59 Å². The number of likely N-dealkylation sites (N-methyl/N-ethyl adjacent to an activating group) is 1. The van der Waals surface area contributed by atoms with Crippen molar-refractivity contribution in [3.05, 3.63) is 0 Å². The van der Waals surface area contributed by atoms with Crippen molar-refractivity contribution < 1.29 is 19.2 Å². The number of amides is 1. The Balaban J connectivity index is 3.40. The molecule has 0 bridgehead atoms. The lowest BCUT2D eigenvalue weighted by Gasteiger charge is -2.29. The molecule has 172 valence electrons. The SMILES string of the molecule is CCCCCCCCCCCCCCCC(=O)NCC[N+](C)(C)CCCC(=O)O. The molecule has 0 saturated heterocycles. The van der Waals surface area contributed by atoms with E-state index in [0.717, 1.165) is 30.4 Å². The largest absolute Gasteiger partial charge is 0.481 e. The van der Waals surface area contributed by atoms with Gasteiger partial charge in [0.15, 0.2) is 0 Å². The predicted molar refractivity (Wildman–Crippen MR) is 122 cm³/mol. The molecule has 5 heteroatoms. The van der Waals surface area contributed by atoms with E-state index in [1.54, 1.807) is 0 Å². The predicted octanol–water partition coefficient (Wildman–Crippen LogP) is 5.53. The van der Waals surface area contributed by atoms with Gasteiger partial charge >= 0.3 is 5.97 Å². The van der Waals surface area contributed by atoms with Crippen molar-refractivity contribution in [1.82, 2.24) is 5.32 Å². The van der Waals surface area contributed by atoms with Crippen molar-refractivity contribution >= 4 is 11.9 Å². The Morgan fingerprint density at radius 1 is 0.690 bits per heavy atom. The first-order chi connectivity index (χ1) is 13.9. The summed E-state index contributed by atoms with van der Waals surface area (Å²) in [6.45, 7) is 4.59. The van der Waals surface area contributed by atoms with E-state index in [4.69, 9.17) is 5.11 Å². The summed E-state index contributed by atoms with van der Waals surface area (Å²) in [4.78, 5) is 22.5. The van der Waals surface area contributed by atoms with Gasteiger partial charge in [0.2, 0.25) is 5.91 Å². The van der Waals surface area contributed by atoms with E-state index in [0.29, 0.717) is 19.4 Å². The van der Waals surface area contributed by atoms with Gasteiger partial charge < -0.3 is 14.9 Å². The number of nitrogens with one attached hydrogen (secondary N) is 1. The molecule has 0 aromatic carbocycles. The number of carbonyl (C=O) groups excluding carboxylic acids is 1. The van der Waals surface area contributed by atoms with Crippen molar-refractivity contribution in [2.75, 3.05) is 33.7 Å². The third kappa shape index (κ3) is 21.4. The summed E-state index contributed by atoms with van der Waals surface area (Å²) in [7, 11) is 4.17. The summed E-state index contributed by atoms with van der Waals surface area (Å²) in [5.74, 6) is -0.588. The van der Waals surface area contributed by atoms with Crippen LogP contribution in [-0.4, -0.2) is 55.2 Å². The molecule has 0 fully saturated rings. The maximum Gasteiger partial charge on any atom is 0.303 e. The van der Waals surface area contributed by atoms with E-state index in [9.17, 15) is 9.59 Å². The van der Waals surface area contributed by atoms with Gasteiger partial charge in [-0.05, 0) is 6.42 Å². The first-order valence-corrected chi connectivity index (χ1v) is 12.2. The van der Waals surface area contributed by atoms with Gasteiger partial charge in [-0.25, -0.2) is 0 Å². The van der Waals surface area contributed by atoms with Gasteiger partial charge in [-0.1, -0.05) is 84.0 Å². The van der Waals surface area contributed by atoms with Crippen molar-refractivity contribution in [2.24, 2.45) is 0 Å². The van der Waals surface area contributed by atoms with E-state index in [2.05, 4.69) is 26.3 Å². The fourth-order valence-electron chi connectivity index (χ4n) is 3.66. The van der Waals surface area contributed by atoms with Crippen LogP contribution in [0, 0.1) is 0 Å². The number of carbonyl (C=O) groups is 2. The van der Waals surface area contributed by atoms with Crippen LogP contribution in [0.15, 0.2) is 0 Å². The van der Waals surface area contributed by atoms with Crippen molar-refractivity contribution in [3.8, 4) is 0 Å². The molecule has 1 amide bonds. The van der Waals surface area contributed by atoms with Crippen LogP contribution >= 0.6 is 0 Å². The van der Waals surface area contributed by atoms with Gasteiger partial charge in [0.1, 0.15) is 0 Å². The van der Waals surface area contributed by atoms with E-state index in [1.807, 2.05) is 0 Å². The minimum absolute atomic E-state index is 0.151. The van der Waals surface area contributed by atoms with Crippen LogP contribution in [0.4, 0.5) is 0 Å². The van der Waals surface area contributed by atoms with Gasteiger partial charge in [0, 0.05) is 12.8 Å². The molecule has 0 aromatic rings. The summed E-state index contributed by atoms with van der Waals surface area (Å²) < 4.78 is 0.742. The van der Waals surface area contributed by atoms with Gasteiger partial charge in [-0.2, -0.15) is 0 Å². The van der Waals surface area contributed by atoms with Crippen LogP contribution in [0.2, 0.25) is 0 Å². The van der Waals surface area contributed by atoms with Crippen LogP contribution in [0.1, 0.15) is 110 Å². The van der Waals surface area contributed by atoms with Gasteiger partial charge in [0.25, 0.3) is 0 Å². The number of quaternary nitrogens is 1. The minimum Gasteiger partial charge on any atom is -0.481 e. The van der Waals surface area contributed by atoms with E-state index in [1.165, 1.54) is 70.6 Å². The Hall–Kier alpha value is -1.10. The number of rotatable bonds is 21. The topological polar surface area (TPSA) is 66.4 Å². The van der Waals surface area contributed by atoms with Crippen LogP contribution in [0.3, 0.4) is 0 Å². The zero-order valence-corrected chi connectivity index (χ0v) is 19.6. The van der Waals surface area contributed by atoms with Crippen molar-refractivity contribution in [3.63, 3.8) is 0 Å². The quantitative estimate of drug-likeness (QED) is 0.192. The number of carboxylic acids is 1. The van der Waals surface area contributed by atoms with E-state index in [-0.39, 0.29) is 12.3 Å². The second kappa shape index (κ2) is 18.9. The fraction of sp³-hybridized carbons (Fsp3) is 0.917. The zero-order chi connectivity index (χ0) is 21.8. The third-order valence-electron chi connectivity index (χ3n) is 5.70. The Kier molecular flexibility index (Phi) is 18.2. The van der Waals surface area contributed by atoms with Crippen molar-refractivity contribution in [2.45, 2.75) is 110 Å². The number of aliphatic carboxylic acids is 1. The summed E-state index contributed by atoms with van der Waals surface area (Å²) in [5, 5.41) is 11.7. The second-order valence-corrected chi connectivity index (χ2v) is 9.22. The van der Waals surface area contributed by atoms with E-state index >= 15 is 0 Å². The third-order valence-corrected chi connectivity index (χ3v) is 5.70. The molecule has 0 aliphatic heterocycles. The highest BCUT2D eigenvalue weighted by atomic mass is 16.4. The van der Waals surface area contributed by atoms with Crippen molar-refractivity contribution in [1.29, 1.82) is 0 Å². The molecule has 0 radical (unpaired) electrons. The molecule has 0 saturated carbocycles. The average molecular weight is 414 g/mol. The molecule has 0 heterocycles. The normalized spacial score (nSPS) is 11.6. The molecular weight excluding hydrogens is 364 g/mol. The summed E-state index contributed by atoms with van der Waals surface area (Å²) in [5.41, 5.74) is 0. The molecule has 0 rings (SSSR count). The lowest BCUT2D eigenvalue weighted by atomic mass is 10.0. The minimum atomic E-state index is -0.740. The molecule has 5 nitrogen and oxygen atoms in total. The molecule has 29 heavy (non-hydrogen) atoms. The Labute approximate surface area is 180 Å². The molecular formula is C24H49N2O3+. The van der Waals surface area contributed by atoms with Crippen LogP contribution < -0.4 is 5.32 Å². The maximum atomic E-state index is 11.9. The number of nitrogens with zero attached hydrogens (tertiary/aromatic N) is 1. The fourth-order valence-corrected chi connectivity index (χ4v) is 3.66.